The minimum absolute atomic E-state index is 0.234. The van der Waals surface area contributed by atoms with Gasteiger partial charge in [0, 0.05) is 31.5 Å². The number of nitrogen functional groups attached to an aromatic ring is 1. The molecule has 27 heavy (non-hydrogen) atoms. The summed E-state index contributed by atoms with van der Waals surface area (Å²) >= 11 is 1.37. The van der Waals surface area contributed by atoms with Crippen LogP contribution in [-0.4, -0.2) is 35.0 Å². The zero-order valence-electron chi connectivity index (χ0n) is 14.9. The Hall–Kier alpha value is -2.71. The van der Waals surface area contributed by atoms with Crippen LogP contribution < -0.4 is 21.7 Å². The molecule has 0 unspecified atom stereocenters. The molecule has 1 aliphatic heterocycles. The Morgan fingerprint density at radius 1 is 1.26 bits per heavy atom. The minimum atomic E-state index is -0.266. The molecule has 1 saturated heterocycles. The summed E-state index contributed by atoms with van der Waals surface area (Å²) in [4.78, 5) is 23.8. The van der Waals surface area contributed by atoms with Gasteiger partial charge in [0.15, 0.2) is 0 Å². The van der Waals surface area contributed by atoms with Crippen molar-refractivity contribution in [2.45, 2.75) is 25.3 Å². The van der Waals surface area contributed by atoms with Gasteiger partial charge < -0.3 is 21.7 Å². The van der Waals surface area contributed by atoms with Gasteiger partial charge in [0.1, 0.15) is 10.6 Å². The summed E-state index contributed by atoms with van der Waals surface area (Å²) < 4.78 is 0.896. The highest BCUT2D eigenvalue weighted by Crippen LogP contribution is 2.33. The molecule has 4 rings (SSSR count). The molecule has 1 fully saturated rings. The summed E-state index contributed by atoms with van der Waals surface area (Å²) in [7, 11) is 0. The van der Waals surface area contributed by atoms with Crippen LogP contribution in [0.2, 0.25) is 0 Å². The van der Waals surface area contributed by atoms with E-state index in [0.29, 0.717) is 21.8 Å². The zero-order valence-corrected chi connectivity index (χ0v) is 15.7. The Kier molecular flexibility index (Phi) is 4.91. The summed E-state index contributed by atoms with van der Waals surface area (Å²) in [5.41, 5.74) is 14.9. The average Bonchev–Trinajstić information content (AvgIpc) is 2.85. The van der Waals surface area contributed by atoms with Crippen LogP contribution in [0.1, 0.15) is 29.6 Å². The van der Waals surface area contributed by atoms with E-state index in [1.165, 1.54) is 11.3 Å². The molecule has 8 heteroatoms. The maximum Gasteiger partial charge on any atom is 0.260 e. The van der Waals surface area contributed by atoms with Crippen molar-refractivity contribution < 1.29 is 4.79 Å². The number of hydrogen-bond donors (Lipinski definition) is 3. The third-order valence-electron chi connectivity index (χ3n) is 4.86. The van der Waals surface area contributed by atoms with Crippen LogP contribution in [0, 0.1) is 0 Å². The summed E-state index contributed by atoms with van der Waals surface area (Å²) in [5.74, 6) is -0.266. The molecule has 0 saturated carbocycles. The van der Waals surface area contributed by atoms with Gasteiger partial charge in [0.2, 0.25) is 0 Å². The van der Waals surface area contributed by atoms with E-state index in [9.17, 15) is 4.79 Å². The second-order valence-corrected chi connectivity index (χ2v) is 7.80. The summed E-state index contributed by atoms with van der Waals surface area (Å²) in [6.07, 6.45) is 8.07. The third-order valence-corrected chi connectivity index (χ3v) is 5.83. The largest absolute Gasteiger partial charge is 0.390 e. The van der Waals surface area contributed by atoms with E-state index in [4.69, 9.17) is 11.5 Å². The van der Waals surface area contributed by atoms with Crippen LogP contribution in [-0.2, 0) is 0 Å². The van der Waals surface area contributed by atoms with Crippen molar-refractivity contribution >= 4 is 43.8 Å². The number of carbonyl (C=O) groups excluding carboxylic acids is 1. The Morgan fingerprint density at radius 3 is 3.04 bits per heavy atom. The van der Waals surface area contributed by atoms with Gasteiger partial charge in [-0.15, -0.1) is 11.3 Å². The van der Waals surface area contributed by atoms with Gasteiger partial charge in [-0.2, -0.15) is 0 Å². The Balaban J connectivity index is 1.63. The molecule has 0 aliphatic carbocycles. The smallest absolute Gasteiger partial charge is 0.260 e. The van der Waals surface area contributed by atoms with E-state index in [1.807, 2.05) is 18.2 Å². The first-order valence-corrected chi connectivity index (χ1v) is 9.84. The zero-order chi connectivity index (χ0) is 18.8. The summed E-state index contributed by atoms with van der Waals surface area (Å²) in [5, 5.41) is 3.45. The lowest BCUT2D eigenvalue weighted by atomic mass is 10.1. The molecule has 140 valence electrons. The Bertz CT molecular complexity index is 972. The molecule has 0 spiro atoms. The SMILES string of the molecule is Nc1sc2cccnc2c1C(=O)Nc1cnccc1N1CCC[C@@H](N)CC1. The summed E-state index contributed by atoms with van der Waals surface area (Å²) in [6, 6.07) is 5.91. The summed E-state index contributed by atoms with van der Waals surface area (Å²) in [6.45, 7) is 1.77. The first-order valence-electron chi connectivity index (χ1n) is 9.02. The molecule has 4 heterocycles. The van der Waals surface area contributed by atoms with Crippen molar-refractivity contribution in [1.82, 2.24) is 9.97 Å². The van der Waals surface area contributed by atoms with Crippen LogP contribution in [0.25, 0.3) is 10.2 Å². The van der Waals surface area contributed by atoms with E-state index in [-0.39, 0.29) is 11.9 Å². The second kappa shape index (κ2) is 7.50. The van der Waals surface area contributed by atoms with Crippen molar-refractivity contribution in [2.24, 2.45) is 5.73 Å². The fraction of sp³-hybridized carbons (Fsp3) is 0.316. The number of aromatic nitrogens is 2. The quantitative estimate of drug-likeness (QED) is 0.642. The Morgan fingerprint density at radius 2 is 2.15 bits per heavy atom. The monoisotopic (exact) mass is 382 g/mol. The number of amides is 1. The lowest BCUT2D eigenvalue weighted by molar-refractivity contribution is 0.102. The van der Waals surface area contributed by atoms with Gasteiger partial charge >= 0.3 is 0 Å². The molecule has 1 amide bonds. The van der Waals surface area contributed by atoms with E-state index in [0.717, 1.165) is 42.7 Å². The van der Waals surface area contributed by atoms with Crippen LogP contribution in [0.5, 0.6) is 0 Å². The first-order chi connectivity index (χ1) is 13.1. The van der Waals surface area contributed by atoms with Crippen molar-refractivity contribution in [2.75, 3.05) is 29.0 Å². The molecular weight excluding hydrogens is 360 g/mol. The van der Waals surface area contributed by atoms with Crippen molar-refractivity contribution in [1.29, 1.82) is 0 Å². The Labute approximate surface area is 161 Å². The second-order valence-electron chi connectivity index (χ2n) is 6.72. The number of nitrogens with one attached hydrogen (secondary N) is 1. The highest BCUT2D eigenvalue weighted by atomic mass is 32.1. The van der Waals surface area contributed by atoms with Gasteiger partial charge in [0.05, 0.1) is 27.8 Å². The fourth-order valence-corrected chi connectivity index (χ4v) is 4.40. The number of thiophene rings is 1. The molecule has 1 atom stereocenters. The minimum Gasteiger partial charge on any atom is -0.390 e. The molecular formula is C19H22N6OS. The van der Waals surface area contributed by atoms with Crippen LogP contribution >= 0.6 is 11.3 Å². The predicted molar refractivity (Wildman–Crippen MR) is 110 cm³/mol. The third kappa shape index (κ3) is 3.58. The molecule has 5 N–H and O–H groups in total. The average molecular weight is 382 g/mol. The maximum atomic E-state index is 13.0. The van der Waals surface area contributed by atoms with E-state index in [2.05, 4.69) is 20.2 Å². The van der Waals surface area contributed by atoms with Crippen LogP contribution in [0.4, 0.5) is 16.4 Å². The normalized spacial score (nSPS) is 17.7. The van der Waals surface area contributed by atoms with Gasteiger partial charge in [0.25, 0.3) is 5.91 Å². The number of hydrogen-bond acceptors (Lipinski definition) is 7. The number of carbonyl (C=O) groups is 1. The van der Waals surface area contributed by atoms with Crippen molar-refractivity contribution in [3.05, 3.63) is 42.4 Å². The number of fused-ring (bicyclic) bond motifs is 1. The van der Waals surface area contributed by atoms with Crippen molar-refractivity contribution in [3.8, 4) is 0 Å². The number of rotatable bonds is 3. The number of nitrogens with zero attached hydrogens (tertiary/aromatic N) is 3. The molecule has 1 aliphatic rings. The van der Waals surface area contributed by atoms with Crippen molar-refractivity contribution in [3.63, 3.8) is 0 Å². The number of nitrogens with two attached hydrogens (primary N) is 2. The lowest BCUT2D eigenvalue weighted by Crippen LogP contribution is -2.27. The van der Waals surface area contributed by atoms with Crippen LogP contribution in [0.3, 0.4) is 0 Å². The molecule has 7 nitrogen and oxygen atoms in total. The number of pyridine rings is 2. The van der Waals surface area contributed by atoms with E-state index < -0.39 is 0 Å². The molecule has 3 aromatic rings. The lowest BCUT2D eigenvalue weighted by Gasteiger charge is -2.25. The molecule has 0 aromatic carbocycles. The first kappa shape index (κ1) is 17.7. The number of anilines is 3. The van der Waals surface area contributed by atoms with Gasteiger partial charge in [-0.1, -0.05) is 0 Å². The topological polar surface area (TPSA) is 110 Å². The van der Waals surface area contributed by atoms with Gasteiger partial charge in [-0.3, -0.25) is 14.8 Å². The van der Waals surface area contributed by atoms with E-state index in [1.54, 1.807) is 18.6 Å². The van der Waals surface area contributed by atoms with Crippen LogP contribution in [0.15, 0.2) is 36.8 Å². The highest BCUT2D eigenvalue weighted by Gasteiger charge is 2.21. The standard InChI is InChI=1S/C19H22N6OS/c20-12-3-2-9-25(10-6-12)14-5-8-22-11-13(14)24-19(26)16-17-15(27-18(16)21)4-1-7-23-17/h1,4-5,7-8,11-12H,2-3,6,9-10,20-21H2,(H,24,26)/t12-/m1/s1. The van der Waals surface area contributed by atoms with E-state index >= 15 is 0 Å². The van der Waals surface area contributed by atoms with Gasteiger partial charge in [-0.25, -0.2) is 0 Å². The molecule has 0 radical (unpaired) electrons. The highest BCUT2D eigenvalue weighted by molar-refractivity contribution is 7.23. The molecule has 0 bridgehead atoms. The fourth-order valence-electron chi connectivity index (χ4n) is 3.47. The molecule has 3 aromatic heterocycles. The maximum absolute atomic E-state index is 13.0. The van der Waals surface area contributed by atoms with Gasteiger partial charge in [-0.05, 0) is 37.5 Å². The predicted octanol–water partition coefficient (Wildman–Crippen LogP) is 2.84.